The van der Waals surface area contributed by atoms with Gasteiger partial charge in [0.25, 0.3) is 0 Å². The van der Waals surface area contributed by atoms with E-state index < -0.39 is 0 Å². The van der Waals surface area contributed by atoms with Gasteiger partial charge in [0.1, 0.15) is 0 Å². The van der Waals surface area contributed by atoms with Gasteiger partial charge < -0.3 is 5.32 Å². The number of hydrogen-bond acceptors (Lipinski definition) is 4. The first-order valence-electron chi connectivity index (χ1n) is 7.71. The van der Waals surface area contributed by atoms with Crippen LogP contribution in [0.15, 0.2) is 72.5 Å². The largest absolute Gasteiger partial charge is 0.323 e. The number of nitrogens with zero attached hydrogens (tertiary/aromatic N) is 3. The number of amides is 1. The Balaban J connectivity index is 1.47. The van der Waals surface area contributed by atoms with Crippen molar-refractivity contribution in [1.82, 2.24) is 14.4 Å². The molecular formula is C19H14N4OS. The number of nitrogens with one attached hydrogen (secondary N) is 1. The van der Waals surface area contributed by atoms with E-state index in [4.69, 9.17) is 0 Å². The van der Waals surface area contributed by atoms with Crippen molar-refractivity contribution >= 4 is 34.8 Å². The lowest BCUT2D eigenvalue weighted by Gasteiger charge is -2.03. The fourth-order valence-electron chi connectivity index (χ4n) is 2.42. The van der Waals surface area contributed by atoms with E-state index in [1.54, 1.807) is 23.6 Å². The molecule has 3 heterocycles. The fraction of sp³-hybridized carbons (Fsp3) is 0. The first-order valence-corrected chi connectivity index (χ1v) is 8.59. The molecule has 1 N–H and O–H groups in total. The number of anilines is 1. The fourth-order valence-corrected chi connectivity index (χ4v) is 3.04. The highest BCUT2D eigenvalue weighted by Crippen LogP contribution is 2.21. The Morgan fingerprint density at radius 3 is 2.80 bits per heavy atom. The Morgan fingerprint density at radius 1 is 1.16 bits per heavy atom. The summed E-state index contributed by atoms with van der Waals surface area (Å²) in [5.74, 6) is 0.506. The molecule has 0 aliphatic rings. The number of benzene rings is 1. The summed E-state index contributed by atoms with van der Waals surface area (Å²) < 4.78 is 1.88. The van der Waals surface area contributed by atoms with Crippen LogP contribution in [0.25, 0.3) is 23.1 Å². The lowest BCUT2D eigenvalue weighted by atomic mass is 10.1. The maximum Gasteiger partial charge on any atom is 0.248 e. The van der Waals surface area contributed by atoms with Crippen molar-refractivity contribution in [2.75, 3.05) is 5.32 Å². The van der Waals surface area contributed by atoms with Crippen LogP contribution in [0.1, 0.15) is 4.88 Å². The van der Waals surface area contributed by atoms with Crippen molar-refractivity contribution in [1.29, 1.82) is 0 Å². The maximum absolute atomic E-state index is 12.0. The Morgan fingerprint density at radius 2 is 2.04 bits per heavy atom. The number of thiophene rings is 1. The lowest BCUT2D eigenvalue weighted by molar-refractivity contribution is -0.111. The molecule has 122 valence electrons. The van der Waals surface area contributed by atoms with E-state index in [0.29, 0.717) is 5.78 Å². The molecule has 0 saturated carbocycles. The van der Waals surface area contributed by atoms with Gasteiger partial charge in [0, 0.05) is 40.8 Å². The highest BCUT2D eigenvalue weighted by Gasteiger charge is 2.05. The van der Waals surface area contributed by atoms with Gasteiger partial charge >= 0.3 is 0 Å². The highest BCUT2D eigenvalue weighted by atomic mass is 32.1. The topological polar surface area (TPSA) is 59.3 Å². The average molecular weight is 346 g/mol. The van der Waals surface area contributed by atoms with Gasteiger partial charge in [0.2, 0.25) is 11.7 Å². The molecular weight excluding hydrogens is 332 g/mol. The number of fused-ring (bicyclic) bond motifs is 1. The summed E-state index contributed by atoms with van der Waals surface area (Å²) in [4.78, 5) is 21.7. The number of rotatable bonds is 4. The van der Waals surface area contributed by atoms with E-state index in [1.165, 1.54) is 6.08 Å². The smallest absolute Gasteiger partial charge is 0.248 e. The summed E-state index contributed by atoms with van der Waals surface area (Å²) >= 11 is 1.59. The third-order valence-electron chi connectivity index (χ3n) is 3.63. The minimum atomic E-state index is -0.155. The van der Waals surface area contributed by atoms with E-state index in [-0.39, 0.29) is 5.91 Å². The molecule has 4 rings (SSSR count). The molecule has 1 aromatic carbocycles. The van der Waals surface area contributed by atoms with Crippen LogP contribution in [-0.2, 0) is 4.79 Å². The van der Waals surface area contributed by atoms with Crippen molar-refractivity contribution in [2.24, 2.45) is 0 Å². The highest BCUT2D eigenvalue weighted by molar-refractivity contribution is 7.10. The van der Waals surface area contributed by atoms with Crippen molar-refractivity contribution in [3.8, 4) is 11.3 Å². The number of aromatic nitrogens is 3. The molecule has 0 bridgehead atoms. The number of imidazole rings is 1. The Bertz CT molecular complexity index is 1000. The molecule has 6 heteroatoms. The van der Waals surface area contributed by atoms with Gasteiger partial charge in [0.15, 0.2) is 0 Å². The number of carbonyl (C=O) groups excluding carboxylic acids is 1. The summed E-state index contributed by atoms with van der Waals surface area (Å²) in [6, 6.07) is 13.4. The molecule has 25 heavy (non-hydrogen) atoms. The molecule has 0 aliphatic heterocycles. The van der Waals surface area contributed by atoms with Crippen LogP contribution >= 0.6 is 11.3 Å². The van der Waals surface area contributed by atoms with Crippen molar-refractivity contribution < 1.29 is 4.79 Å². The van der Waals surface area contributed by atoms with Gasteiger partial charge in [-0.05, 0) is 35.7 Å². The van der Waals surface area contributed by atoms with Crippen LogP contribution in [0.3, 0.4) is 0 Å². The van der Waals surface area contributed by atoms with E-state index in [0.717, 1.165) is 21.8 Å². The van der Waals surface area contributed by atoms with Crippen LogP contribution in [0.4, 0.5) is 5.69 Å². The van der Waals surface area contributed by atoms with E-state index in [1.807, 2.05) is 64.6 Å². The molecule has 0 saturated heterocycles. The summed E-state index contributed by atoms with van der Waals surface area (Å²) in [6.45, 7) is 0. The van der Waals surface area contributed by atoms with Gasteiger partial charge in [0.05, 0.1) is 5.69 Å². The predicted octanol–water partition coefficient (Wildman–Crippen LogP) is 4.11. The Kier molecular flexibility index (Phi) is 4.10. The van der Waals surface area contributed by atoms with Crippen LogP contribution < -0.4 is 5.32 Å². The summed E-state index contributed by atoms with van der Waals surface area (Å²) in [5.41, 5.74) is 2.55. The van der Waals surface area contributed by atoms with Crippen LogP contribution in [0, 0.1) is 0 Å². The summed E-state index contributed by atoms with van der Waals surface area (Å²) in [7, 11) is 0. The number of hydrogen-bond donors (Lipinski definition) is 1. The van der Waals surface area contributed by atoms with Gasteiger partial charge in [-0.1, -0.05) is 18.2 Å². The second-order valence-electron chi connectivity index (χ2n) is 5.37. The van der Waals surface area contributed by atoms with Gasteiger partial charge in [-0.15, -0.1) is 11.3 Å². The zero-order valence-corrected chi connectivity index (χ0v) is 14.0. The SMILES string of the molecule is O=C(C=Cc1cccs1)Nc1ccc(-c2cn3cccnc3n2)cc1. The molecule has 0 spiro atoms. The van der Waals surface area contributed by atoms with Gasteiger partial charge in [-0.25, -0.2) is 9.97 Å². The minimum absolute atomic E-state index is 0.155. The third kappa shape index (κ3) is 3.49. The second kappa shape index (κ2) is 6.70. The standard InChI is InChI=1S/C19H14N4OS/c24-18(9-8-16-3-1-12-25-16)21-15-6-4-14(5-7-15)17-13-23-11-2-10-20-19(23)22-17/h1-13H,(H,21,24). The molecule has 0 fully saturated rings. The van der Waals surface area contributed by atoms with E-state index in [2.05, 4.69) is 15.3 Å². The first kappa shape index (κ1) is 15.3. The summed E-state index contributed by atoms with van der Waals surface area (Å²) in [5, 5.41) is 4.83. The Labute approximate surface area is 148 Å². The van der Waals surface area contributed by atoms with Crippen molar-refractivity contribution in [3.05, 3.63) is 77.4 Å². The zero-order valence-electron chi connectivity index (χ0n) is 13.2. The van der Waals surface area contributed by atoms with Crippen molar-refractivity contribution in [2.45, 2.75) is 0 Å². The molecule has 0 unspecified atom stereocenters. The lowest BCUT2D eigenvalue weighted by Crippen LogP contribution is -2.07. The summed E-state index contributed by atoms with van der Waals surface area (Å²) in [6.07, 6.45) is 8.90. The monoisotopic (exact) mass is 346 g/mol. The van der Waals surface area contributed by atoms with E-state index >= 15 is 0 Å². The van der Waals surface area contributed by atoms with Crippen LogP contribution in [0.5, 0.6) is 0 Å². The molecule has 3 aromatic heterocycles. The number of carbonyl (C=O) groups is 1. The van der Waals surface area contributed by atoms with Crippen molar-refractivity contribution in [3.63, 3.8) is 0 Å². The third-order valence-corrected chi connectivity index (χ3v) is 4.46. The second-order valence-corrected chi connectivity index (χ2v) is 6.35. The molecule has 4 aromatic rings. The van der Waals surface area contributed by atoms with Gasteiger partial charge in [-0.2, -0.15) is 0 Å². The molecule has 1 amide bonds. The van der Waals surface area contributed by atoms with E-state index in [9.17, 15) is 4.79 Å². The molecule has 0 radical (unpaired) electrons. The molecule has 0 atom stereocenters. The van der Waals surface area contributed by atoms with Gasteiger partial charge in [-0.3, -0.25) is 9.20 Å². The Hall–Kier alpha value is -3.25. The maximum atomic E-state index is 12.0. The predicted molar refractivity (Wildman–Crippen MR) is 100 cm³/mol. The molecule has 0 aliphatic carbocycles. The zero-order chi connectivity index (χ0) is 17.1. The van der Waals surface area contributed by atoms with Crippen LogP contribution in [0.2, 0.25) is 0 Å². The molecule has 5 nitrogen and oxygen atoms in total. The quantitative estimate of drug-likeness (QED) is 0.566. The minimum Gasteiger partial charge on any atom is -0.323 e. The first-order chi connectivity index (χ1) is 12.3. The normalized spacial score (nSPS) is 11.2. The van der Waals surface area contributed by atoms with Crippen LogP contribution in [-0.4, -0.2) is 20.3 Å². The average Bonchev–Trinajstić information content (AvgIpc) is 3.30.